The molecule has 4 aromatic carbocycles. The van der Waals surface area contributed by atoms with Gasteiger partial charge in [-0.3, -0.25) is 14.4 Å². The molecule has 0 saturated carbocycles. The lowest BCUT2D eigenvalue weighted by Crippen LogP contribution is -2.58. The van der Waals surface area contributed by atoms with E-state index in [-0.39, 0.29) is 38.2 Å². The van der Waals surface area contributed by atoms with Gasteiger partial charge in [-0.25, -0.2) is 9.78 Å². The molecular weight excluding hydrogens is 699 g/mol. The van der Waals surface area contributed by atoms with Gasteiger partial charge in [-0.1, -0.05) is 66.7 Å². The molecule has 12 nitrogen and oxygen atoms in total. The maximum absolute atomic E-state index is 14.8. The molecule has 3 amide bonds. The van der Waals surface area contributed by atoms with Crippen molar-refractivity contribution in [3.63, 3.8) is 0 Å². The van der Waals surface area contributed by atoms with Crippen LogP contribution in [0.3, 0.4) is 0 Å². The number of phenols is 1. The molecule has 0 aliphatic carbocycles. The maximum Gasteiger partial charge on any atom is 0.408 e. The number of carbonyl (C=O) groups excluding carboxylic acids is 4. The van der Waals surface area contributed by atoms with Crippen LogP contribution in [0, 0.1) is 13.8 Å². The average Bonchev–Trinajstić information content (AvgIpc) is 3.58. The molecule has 2 heterocycles. The number of esters is 1. The third-order valence-corrected chi connectivity index (χ3v) is 9.58. The van der Waals surface area contributed by atoms with E-state index in [1.165, 1.54) is 4.90 Å². The monoisotopic (exact) mass is 745 g/mol. The number of H-pyrrole nitrogens is 1. The number of para-hydroxylation sites is 2. The predicted octanol–water partition coefficient (Wildman–Crippen LogP) is 6.27. The molecule has 0 saturated heterocycles. The van der Waals surface area contributed by atoms with Gasteiger partial charge in [0.05, 0.1) is 23.5 Å². The molecule has 286 valence electrons. The molecule has 4 N–H and O–H groups in total. The normalized spacial score (nSPS) is 15.1. The van der Waals surface area contributed by atoms with Crippen LogP contribution in [-0.2, 0) is 49.9 Å². The van der Waals surface area contributed by atoms with Crippen LogP contribution in [0.5, 0.6) is 5.75 Å². The number of benzene rings is 4. The van der Waals surface area contributed by atoms with E-state index in [0.717, 1.165) is 38.9 Å². The van der Waals surface area contributed by atoms with E-state index in [2.05, 4.69) is 15.6 Å². The maximum atomic E-state index is 14.8. The molecule has 5 aromatic rings. The van der Waals surface area contributed by atoms with Gasteiger partial charge in [0, 0.05) is 19.4 Å². The Kier molecular flexibility index (Phi) is 11.5. The smallest absolute Gasteiger partial charge is 0.408 e. The predicted molar refractivity (Wildman–Crippen MR) is 207 cm³/mol. The molecule has 6 rings (SSSR count). The summed E-state index contributed by atoms with van der Waals surface area (Å²) >= 11 is 0. The van der Waals surface area contributed by atoms with Crippen LogP contribution in [0.4, 0.5) is 4.79 Å². The van der Waals surface area contributed by atoms with Gasteiger partial charge < -0.3 is 35.1 Å². The standard InChI is InChI=1S/C43H47N5O7/c1-26-19-31(49)20-27(2)32(26)22-36(47-42(53)55-43(3,4)5)41(52)48-24-30-16-10-9-15-29(30)21-37(48)40(51)46-35(39-44-33-17-11-12-18-34(33)45-39)23-38(50)54-25-28-13-7-6-8-14-28/h6-20,35-37,49H,21-25H2,1-5H3,(H,44,45)(H,46,51)(H,47,53)/t35-,36-,37-/m0/s1. The summed E-state index contributed by atoms with van der Waals surface area (Å²) in [6.45, 7) is 9.01. The number of rotatable bonds is 11. The zero-order valence-electron chi connectivity index (χ0n) is 31.7. The first kappa shape index (κ1) is 38.6. The first-order chi connectivity index (χ1) is 26.2. The summed E-state index contributed by atoms with van der Waals surface area (Å²) in [7, 11) is 0. The van der Waals surface area contributed by atoms with E-state index >= 15 is 0 Å². The summed E-state index contributed by atoms with van der Waals surface area (Å²) in [4.78, 5) is 65.3. The molecule has 55 heavy (non-hydrogen) atoms. The Labute approximate surface area is 320 Å². The quantitative estimate of drug-likeness (QED) is 0.115. The fourth-order valence-electron chi connectivity index (χ4n) is 6.92. The van der Waals surface area contributed by atoms with Gasteiger partial charge in [0.25, 0.3) is 0 Å². The van der Waals surface area contributed by atoms with Gasteiger partial charge in [-0.2, -0.15) is 0 Å². The summed E-state index contributed by atoms with van der Waals surface area (Å²) in [5.41, 5.74) is 5.40. The number of nitrogens with one attached hydrogen (secondary N) is 3. The van der Waals surface area contributed by atoms with E-state index < -0.39 is 47.6 Å². The van der Waals surface area contributed by atoms with E-state index in [1.54, 1.807) is 32.9 Å². The largest absolute Gasteiger partial charge is 0.508 e. The first-order valence-electron chi connectivity index (χ1n) is 18.3. The number of imidazole rings is 1. The van der Waals surface area contributed by atoms with Crippen molar-refractivity contribution in [2.24, 2.45) is 0 Å². The van der Waals surface area contributed by atoms with Crippen LogP contribution in [0.2, 0.25) is 0 Å². The number of nitrogens with zero attached hydrogens (tertiary/aromatic N) is 2. The Balaban J connectivity index is 1.31. The fourth-order valence-corrected chi connectivity index (χ4v) is 6.92. The number of aromatic nitrogens is 2. The molecule has 0 fully saturated rings. The summed E-state index contributed by atoms with van der Waals surface area (Å²) in [5, 5.41) is 16.0. The second-order valence-electron chi connectivity index (χ2n) is 15.0. The number of fused-ring (bicyclic) bond motifs is 2. The van der Waals surface area contributed by atoms with Crippen LogP contribution < -0.4 is 10.6 Å². The number of hydrogen-bond donors (Lipinski definition) is 4. The number of carbonyl (C=O) groups is 4. The third kappa shape index (κ3) is 9.69. The Hall–Kier alpha value is -6.17. The molecule has 0 unspecified atom stereocenters. The zero-order chi connectivity index (χ0) is 39.3. The van der Waals surface area contributed by atoms with Gasteiger partial charge in [-0.15, -0.1) is 0 Å². The average molecular weight is 746 g/mol. The number of aromatic amines is 1. The fraction of sp³-hybridized carbons (Fsp3) is 0.326. The minimum absolute atomic E-state index is 0.0637. The number of amides is 3. The molecular formula is C43H47N5O7. The molecule has 1 aliphatic rings. The molecule has 1 aromatic heterocycles. The van der Waals surface area contributed by atoms with Crippen LogP contribution in [0.25, 0.3) is 11.0 Å². The minimum Gasteiger partial charge on any atom is -0.508 e. The van der Waals surface area contributed by atoms with Gasteiger partial charge in [0.1, 0.15) is 35.9 Å². The summed E-state index contributed by atoms with van der Waals surface area (Å²) in [5.74, 6) is -1.08. The van der Waals surface area contributed by atoms with E-state index in [1.807, 2.05) is 92.7 Å². The number of hydrogen-bond acceptors (Lipinski definition) is 8. The Morgan fingerprint density at radius 1 is 0.909 bits per heavy atom. The first-order valence-corrected chi connectivity index (χ1v) is 18.3. The van der Waals surface area contributed by atoms with E-state index in [4.69, 9.17) is 14.5 Å². The summed E-state index contributed by atoms with van der Waals surface area (Å²) in [6, 6.07) is 24.4. The highest BCUT2D eigenvalue weighted by atomic mass is 16.6. The van der Waals surface area contributed by atoms with Gasteiger partial charge in [0.15, 0.2) is 0 Å². The number of phenolic OH excluding ortho intramolecular Hbond substituents is 1. The Morgan fingerprint density at radius 3 is 2.25 bits per heavy atom. The topological polar surface area (TPSA) is 163 Å². The molecule has 12 heteroatoms. The highest BCUT2D eigenvalue weighted by Crippen LogP contribution is 2.28. The van der Waals surface area contributed by atoms with Crippen molar-refractivity contribution in [1.82, 2.24) is 25.5 Å². The van der Waals surface area contributed by atoms with Crippen LogP contribution in [0.1, 0.15) is 72.4 Å². The van der Waals surface area contributed by atoms with Crippen LogP contribution >= 0.6 is 0 Å². The van der Waals surface area contributed by atoms with Crippen molar-refractivity contribution in [3.05, 3.63) is 130 Å². The highest BCUT2D eigenvalue weighted by Gasteiger charge is 2.40. The highest BCUT2D eigenvalue weighted by molar-refractivity contribution is 5.92. The summed E-state index contributed by atoms with van der Waals surface area (Å²) in [6.07, 6.45) is -0.734. The lowest BCUT2D eigenvalue weighted by Gasteiger charge is -2.38. The van der Waals surface area contributed by atoms with Crippen molar-refractivity contribution in [3.8, 4) is 5.75 Å². The van der Waals surface area contributed by atoms with Crippen LogP contribution in [-0.4, -0.2) is 61.5 Å². The van der Waals surface area contributed by atoms with Crippen molar-refractivity contribution in [2.75, 3.05) is 0 Å². The van der Waals surface area contributed by atoms with E-state index in [0.29, 0.717) is 11.3 Å². The number of aromatic hydroxyl groups is 1. The lowest BCUT2D eigenvalue weighted by molar-refractivity contribution is -0.147. The summed E-state index contributed by atoms with van der Waals surface area (Å²) < 4.78 is 11.2. The number of alkyl carbamates (subject to hydrolysis) is 1. The minimum atomic E-state index is -1.13. The van der Waals surface area contributed by atoms with Crippen molar-refractivity contribution in [2.45, 2.75) is 90.8 Å². The van der Waals surface area contributed by atoms with Gasteiger partial charge in [0.2, 0.25) is 11.8 Å². The number of ether oxygens (including phenoxy) is 2. The number of aryl methyl sites for hydroxylation is 2. The molecule has 3 atom stereocenters. The Morgan fingerprint density at radius 2 is 1.56 bits per heavy atom. The SMILES string of the molecule is Cc1cc(O)cc(C)c1C[C@H](NC(=O)OC(C)(C)C)C(=O)N1Cc2ccccc2C[C@H]1C(=O)N[C@@H](CC(=O)OCc1ccccc1)c1nc2ccccc2[nH]1. The zero-order valence-corrected chi connectivity index (χ0v) is 31.7. The molecule has 0 bridgehead atoms. The van der Waals surface area contributed by atoms with Crippen LogP contribution in [0.15, 0.2) is 91.0 Å². The second-order valence-corrected chi connectivity index (χ2v) is 15.0. The van der Waals surface area contributed by atoms with E-state index in [9.17, 15) is 24.3 Å². The van der Waals surface area contributed by atoms with Crippen molar-refractivity contribution >= 4 is 34.9 Å². The second kappa shape index (κ2) is 16.5. The third-order valence-electron chi connectivity index (χ3n) is 9.58. The molecule has 1 aliphatic heterocycles. The molecule has 0 radical (unpaired) electrons. The molecule has 0 spiro atoms. The van der Waals surface area contributed by atoms with Gasteiger partial charge >= 0.3 is 12.1 Å². The van der Waals surface area contributed by atoms with Crippen molar-refractivity contribution < 1.29 is 33.8 Å². The van der Waals surface area contributed by atoms with Crippen molar-refractivity contribution in [1.29, 1.82) is 0 Å². The van der Waals surface area contributed by atoms with Gasteiger partial charge in [-0.05, 0) is 92.3 Å². The Bertz CT molecular complexity index is 2140. The lowest BCUT2D eigenvalue weighted by atomic mass is 9.91.